The zero-order valence-corrected chi connectivity index (χ0v) is 10.5. The highest BCUT2D eigenvalue weighted by Gasteiger charge is 2.35. The molecule has 0 aromatic rings. The molecule has 17 heavy (non-hydrogen) atoms. The molecule has 6 heteroatoms. The van der Waals surface area contributed by atoms with E-state index in [0.29, 0.717) is 25.9 Å². The van der Waals surface area contributed by atoms with Gasteiger partial charge in [0.15, 0.2) is 16.1 Å². The molecular weight excluding hydrogens is 242 g/mol. The van der Waals surface area contributed by atoms with Crippen molar-refractivity contribution in [1.29, 1.82) is 5.26 Å². The molecule has 5 nitrogen and oxygen atoms in total. The number of nitriles is 1. The van der Waals surface area contributed by atoms with Gasteiger partial charge in [0.25, 0.3) is 0 Å². The van der Waals surface area contributed by atoms with Crippen molar-refractivity contribution in [3.63, 3.8) is 0 Å². The van der Waals surface area contributed by atoms with Crippen LogP contribution in [0.25, 0.3) is 0 Å². The quantitative estimate of drug-likeness (QED) is 0.755. The Morgan fingerprint density at radius 3 is 2.88 bits per heavy atom. The van der Waals surface area contributed by atoms with E-state index in [-0.39, 0.29) is 17.1 Å². The zero-order chi connectivity index (χ0) is 12.3. The predicted octanol–water partition coefficient (Wildman–Crippen LogP) is 0.999. The fourth-order valence-electron chi connectivity index (χ4n) is 2.34. The van der Waals surface area contributed by atoms with Gasteiger partial charge in [0.2, 0.25) is 0 Å². The third kappa shape index (κ3) is 3.18. The van der Waals surface area contributed by atoms with E-state index in [4.69, 9.17) is 14.7 Å². The molecule has 2 saturated heterocycles. The first kappa shape index (κ1) is 12.8. The second-order valence-electron chi connectivity index (χ2n) is 4.60. The fourth-order valence-corrected chi connectivity index (χ4v) is 4.26. The molecule has 2 heterocycles. The summed E-state index contributed by atoms with van der Waals surface area (Å²) < 4.78 is 34.5. The van der Waals surface area contributed by atoms with Crippen LogP contribution in [0.4, 0.5) is 0 Å². The van der Waals surface area contributed by atoms with Crippen LogP contribution in [0.15, 0.2) is 0 Å². The summed E-state index contributed by atoms with van der Waals surface area (Å²) >= 11 is 0. The van der Waals surface area contributed by atoms with Crippen molar-refractivity contribution < 1.29 is 17.9 Å². The molecule has 2 aliphatic heterocycles. The Balaban J connectivity index is 1.87. The van der Waals surface area contributed by atoms with Gasteiger partial charge in [0, 0.05) is 6.42 Å². The molecule has 3 unspecified atom stereocenters. The summed E-state index contributed by atoms with van der Waals surface area (Å²) in [5.74, 6) is 0.284. The molecular formula is C11H17NO4S. The maximum atomic E-state index is 11.8. The van der Waals surface area contributed by atoms with Crippen LogP contribution in [0.1, 0.15) is 32.1 Å². The lowest BCUT2D eigenvalue weighted by atomic mass is 10.1. The maximum absolute atomic E-state index is 11.8. The third-order valence-electron chi connectivity index (χ3n) is 3.30. The van der Waals surface area contributed by atoms with Gasteiger partial charge in [-0.1, -0.05) is 6.42 Å². The molecule has 2 rings (SSSR count). The zero-order valence-electron chi connectivity index (χ0n) is 9.67. The normalized spacial score (nSPS) is 36.5. The Labute approximate surface area is 102 Å². The number of nitrogens with zero attached hydrogens (tertiary/aromatic N) is 1. The van der Waals surface area contributed by atoms with E-state index in [1.54, 1.807) is 0 Å². The Morgan fingerprint density at radius 1 is 1.35 bits per heavy atom. The summed E-state index contributed by atoms with van der Waals surface area (Å²) in [6.07, 6.45) is 2.48. The van der Waals surface area contributed by atoms with Crippen molar-refractivity contribution in [3.8, 4) is 6.07 Å². The molecule has 96 valence electrons. The molecule has 0 spiro atoms. The molecule has 2 fully saturated rings. The van der Waals surface area contributed by atoms with Crippen LogP contribution in [0, 0.1) is 11.3 Å². The number of hydrogen-bond acceptors (Lipinski definition) is 5. The molecule has 0 radical (unpaired) electrons. The lowest BCUT2D eigenvalue weighted by Crippen LogP contribution is -2.32. The van der Waals surface area contributed by atoms with E-state index in [9.17, 15) is 8.42 Å². The molecule has 0 aromatic carbocycles. The van der Waals surface area contributed by atoms with Gasteiger partial charge < -0.3 is 9.47 Å². The second-order valence-corrected chi connectivity index (χ2v) is 7.00. The van der Waals surface area contributed by atoms with Crippen LogP contribution in [0.3, 0.4) is 0 Å². The minimum Gasteiger partial charge on any atom is -0.350 e. The van der Waals surface area contributed by atoms with E-state index in [1.807, 2.05) is 6.07 Å². The van der Waals surface area contributed by atoms with E-state index >= 15 is 0 Å². The summed E-state index contributed by atoms with van der Waals surface area (Å²) in [5.41, 5.74) is 0. The van der Waals surface area contributed by atoms with Gasteiger partial charge in [-0.25, -0.2) is 8.42 Å². The highest BCUT2D eigenvalue weighted by Crippen LogP contribution is 2.27. The van der Waals surface area contributed by atoms with Gasteiger partial charge in [-0.15, -0.1) is 0 Å². The summed E-state index contributed by atoms with van der Waals surface area (Å²) in [7, 11) is -2.97. The van der Waals surface area contributed by atoms with Gasteiger partial charge >= 0.3 is 0 Å². The average molecular weight is 259 g/mol. The molecule has 0 aliphatic carbocycles. The topological polar surface area (TPSA) is 76.4 Å². The monoisotopic (exact) mass is 259 g/mol. The van der Waals surface area contributed by atoms with Crippen LogP contribution in [-0.4, -0.2) is 38.4 Å². The second kappa shape index (κ2) is 5.34. The van der Waals surface area contributed by atoms with Crippen molar-refractivity contribution >= 4 is 9.84 Å². The standard InChI is InChI=1S/C11H17NO4S/c12-5-4-9-8-15-11(16-9)7-10-3-1-2-6-17(10,13)14/h9-11H,1-4,6-8H2. The van der Waals surface area contributed by atoms with Crippen molar-refractivity contribution in [2.45, 2.75) is 49.7 Å². The Hall–Kier alpha value is -0.640. The summed E-state index contributed by atoms with van der Waals surface area (Å²) in [6.45, 7) is 0.394. The van der Waals surface area contributed by atoms with E-state index in [0.717, 1.165) is 12.8 Å². The number of rotatable bonds is 3. The van der Waals surface area contributed by atoms with Crippen molar-refractivity contribution in [3.05, 3.63) is 0 Å². The maximum Gasteiger partial charge on any atom is 0.159 e. The smallest absolute Gasteiger partial charge is 0.159 e. The Bertz CT molecular complexity index is 400. The molecule has 0 aromatic heterocycles. The third-order valence-corrected chi connectivity index (χ3v) is 5.60. The highest BCUT2D eigenvalue weighted by molar-refractivity contribution is 7.92. The molecule has 2 aliphatic rings. The predicted molar refractivity (Wildman–Crippen MR) is 60.9 cm³/mol. The largest absolute Gasteiger partial charge is 0.350 e. The van der Waals surface area contributed by atoms with Gasteiger partial charge in [-0.2, -0.15) is 5.26 Å². The number of sulfone groups is 1. The number of ether oxygens (including phenoxy) is 2. The summed E-state index contributed by atoms with van der Waals surface area (Å²) in [6, 6.07) is 2.03. The average Bonchev–Trinajstić information content (AvgIpc) is 2.70. The van der Waals surface area contributed by atoms with E-state index in [2.05, 4.69) is 0 Å². The van der Waals surface area contributed by atoms with Crippen LogP contribution in [0.2, 0.25) is 0 Å². The van der Waals surface area contributed by atoms with Crippen molar-refractivity contribution in [2.75, 3.05) is 12.4 Å². The first-order valence-corrected chi connectivity index (χ1v) is 7.69. The molecule has 3 atom stereocenters. The van der Waals surface area contributed by atoms with Crippen molar-refractivity contribution in [1.82, 2.24) is 0 Å². The SMILES string of the molecule is N#CCC1COC(CC2CCCCS2(=O)=O)O1. The van der Waals surface area contributed by atoms with Crippen LogP contribution >= 0.6 is 0 Å². The van der Waals surface area contributed by atoms with E-state index < -0.39 is 16.1 Å². The van der Waals surface area contributed by atoms with Crippen molar-refractivity contribution in [2.24, 2.45) is 0 Å². The molecule has 0 saturated carbocycles. The minimum absolute atomic E-state index is 0.198. The van der Waals surface area contributed by atoms with Gasteiger partial charge in [-0.3, -0.25) is 0 Å². The summed E-state index contributed by atoms with van der Waals surface area (Å²) in [4.78, 5) is 0. The lowest BCUT2D eigenvalue weighted by molar-refractivity contribution is -0.0618. The van der Waals surface area contributed by atoms with Crippen LogP contribution < -0.4 is 0 Å². The van der Waals surface area contributed by atoms with Crippen LogP contribution in [-0.2, 0) is 19.3 Å². The Morgan fingerprint density at radius 2 is 2.18 bits per heavy atom. The molecule has 0 amide bonds. The first-order chi connectivity index (χ1) is 8.12. The van der Waals surface area contributed by atoms with Crippen LogP contribution in [0.5, 0.6) is 0 Å². The fraction of sp³-hybridized carbons (Fsp3) is 0.909. The van der Waals surface area contributed by atoms with Gasteiger partial charge in [0.05, 0.1) is 36.2 Å². The Kier molecular flexibility index (Phi) is 4.02. The molecule has 0 bridgehead atoms. The highest BCUT2D eigenvalue weighted by atomic mass is 32.2. The lowest BCUT2D eigenvalue weighted by Gasteiger charge is -2.24. The number of hydrogen-bond donors (Lipinski definition) is 0. The van der Waals surface area contributed by atoms with Gasteiger partial charge in [0.1, 0.15) is 0 Å². The minimum atomic E-state index is -2.97. The molecule has 0 N–H and O–H groups in total. The summed E-state index contributed by atoms with van der Waals surface area (Å²) in [5, 5.41) is 8.20. The van der Waals surface area contributed by atoms with E-state index in [1.165, 1.54) is 0 Å². The van der Waals surface area contributed by atoms with Gasteiger partial charge in [-0.05, 0) is 12.8 Å². The first-order valence-electron chi connectivity index (χ1n) is 5.97.